The van der Waals surface area contributed by atoms with E-state index in [9.17, 15) is 17.6 Å². The van der Waals surface area contributed by atoms with Crippen molar-refractivity contribution in [3.05, 3.63) is 95.8 Å². The Balaban J connectivity index is 1.64. The molecule has 8 heteroatoms. The van der Waals surface area contributed by atoms with Crippen LogP contribution in [0.2, 0.25) is 0 Å². The highest BCUT2D eigenvalue weighted by molar-refractivity contribution is 5.61. The molecule has 2 fully saturated rings. The van der Waals surface area contributed by atoms with Crippen LogP contribution < -0.4 is 0 Å². The zero-order valence-electron chi connectivity index (χ0n) is 23.2. The van der Waals surface area contributed by atoms with E-state index in [0.29, 0.717) is 11.4 Å². The van der Waals surface area contributed by atoms with Crippen molar-refractivity contribution in [2.24, 2.45) is 10.8 Å². The first-order chi connectivity index (χ1) is 19.7. The first-order valence-corrected chi connectivity index (χ1v) is 14.3. The summed E-state index contributed by atoms with van der Waals surface area (Å²) < 4.78 is 57.1. The van der Waals surface area contributed by atoms with E-state index < -0.39 is 29.2 Å². The lowest BCUT2D eigenvalue weighted by Crippen LogP contribution is -2.55. The number of rotatable bonds is 6. The number of pyridine rings is 4. The van der Waals surface area contributed by atoms with Gasteiger partial charge in [-0.15, -0.1) is 0 Å². The maximum absolute atomic E-state index is 14.9. The topological polar surface area (TPSA) is 51.6 Å². The van der Waals surface area contributed by atoms with Crippen LogP contribution in [-0.4, -0.2) is 19.9 Å². The van der Waals surface area contributed by atoms with Crippen molar-refractivity contribution in [3.63, 3.8) is 0 Å². The molecule has 2 saturated carbocycles. The van der Waals surface area contributed by atoms with Crippen LogP contribution in [0.15, 0.2) is 60.7 Å². The molecule has 4 heterocycles. The van der Waals surface area contributed by atoms with Gasteiger partial charge in [0.1, 0.15) is 0 Å². The van der Waals surface area contributed by atoms with E-state index >= 15 is 0 Å². The molecule has 4 nitrogen and oxygen atoms in total. The van der Waals surface area contributed by atoms with Crippen molar-refractivity contribution >= 4 is 0 Å². The second-order valence-electron chi connectivity index (χ2n) is 12.0. The number of hydrogen-bond donors (Lipinski definition) is 0. The van der Waals surface area contributed by atoms with E-state index in [-0.39, 0.29) is 22.0 Å². The van der Waals surface area contributed by atoms with E-state index in [0.717, 1.165) is 74.9 Å². The fourth-order valence-electron chi connectivity index (χ4n) is 7.95. The fraction of sp³-hybridized carbons (Fsp3) is 0.394. The molecule has 41 heavy (non-hydrogen) atoms. The third-order valence-electron chi connectivity index (χ3n) is 9.67. The first-order valence-electron chi connectivity index (χ1n) is 14.3. The normalized spacial score (nSPS) is 18.1. The fourth-order valence-corrected chi connectivity index (χ4v) is 7.95. The van der Waals surface area contributed by atoms with Crippen LogP contribution >= 0.6 is 0 Å². The van der Waals surface area contributed by atoms with Gasteiger partial charge in [-0.2, -0.15) is 27.5 Å². The smallest absolute Gasteiger partial charge is 0.224 e. The second-order valence-corrected chi connectivity index (χ2v) is 12.0. The van der Waals surface area contributed by atoms with Gasteiger partial charge in [0.15, 0.2) is 0 Å². The summed E-state index contributed by atoms with van der Waals surface area (Å²) in [7, 11) is 0. The standard InChI is InChI=1S/C33H32F4N4/c1-31(17-3-4-18-31)33(32(2)19-5-6-20-32,25-11-7-9-23(38-25)21-13-15-27(34)40-29(21)36)26-12-8-10-24(39-26)22-14-16-28(35)41-30(22)37/h7-16H,3-6,17-20H2,1-2H3. The third-order valence-corrected chi connectivity index (χ3v) is 9.67. The molecule has 0 aromatic carbocycles. The highest BCUT2D eigenvalue weighted by Gasteiger charge is 2.63. The lowest BCUT2D eigenvalue weighted by molar-refractivity contribution is 0.0356. The molecule has 0 saturated heterocycles. The molecule has 0 N–H and O–H groups in total. The SMILES string of the molecule is CC1(C(c2cccc(-c3ccc(F)nc3F)n2)(c2cccc(-c3ccc(F)nc3F)n2)C2(C)CCCC2)CCCC1. The number of aromatic nitrogens is 4. The predicted octanol–water partition coefficient (Wildman–Crippen LogP) is 8.60. The first kappa shape index (κ1) is 27.5. The average molecular weight is 561 g/mol. The van der Waals surface area contributed by atoms with Crippen molar-refractivity contribution < 1.29 is 17.6 Å². The molecule has 0 amide bonds. The van der Waals surface area contributed by atoms with Gasteiger partial charge in [0.05, 0.1) is 39.3 Å². The number of hydrogen-bond acceptors (Lipinski definition) is 4. The lowest BCUT2D eigenvalue weighted by atomic mass is 9.47. The van der Waals surface area contributed by atoms with Crippen molar-refractivity contribution in [1.29, 1.82) is 0 Å². The molecule has 0 spiro atoms. The Morgan fingerprint density at radius 3 is 1.29 bits per heavy atom. The highest BCUT2D eigenvalue weighted by atomic mass is 19.1. The monoisotopic (exact) mass is 560 g/mol. The summed E-state index contributed by atoms with van der Waals surface area (Å²) in [5, 5.41) is 0. The van der Waals surface area contributed by atoms with Crippen LogP contribution in [0.1, 0.15) is 76.6 Å². The Kier molecular flexibility index (Phi) is 6.91. The van der Waals surface area contributed by atoms with Crippen LogP contribution in [0.4, 0.5) is 17.6 Å². The van der Waals surface area contributed by atoms with Gasteiger partial charge < -0.3 is 0 Å². The minimum absolute atomic E-state index is 0.122. The van der Waals surface area contributed by atoms with Gasteiger partial charge in [0.25, 0.3) is 0 Å². The molecule has 2 aliphatic rings. The largest absolute Gasteiger partial charge is 0.252 e. The Labute approximate surface area is 237 Å². The Hall–Kier alpha value is -3.68. The highest BCUT2D eigenvalue weighted by Crippen LogP contribution is 2.67. The van der Waals surface area contributed by atoms with Gasteiger partial charge in [-0.1, -0.05) is 51.7 Å². The summed E-state index contributed by atoms with van der Waals surface area (Å²) in [6, 6.07) is 16.1. The summed E-state index contributed by atoms with van der Waals surface area (Å²) in [4.78, 5) is 17.0. The van der Waals surface area contributed by atoms with Crippen LogP contribution in [0.25, 0.3) is 22.5 Å². The Morgan fingerprint density at radius 1 is 0.537 bits per heavy atom. The molecule has 0 unspecified atom stereocenters. The maximum atomic E-state index is 14.9. The van der Waals surface area contributed by atoms with Crippen molar-refractivity contribution in [2.75, 3.05) is 0 Å². The van der Waals surface area contributed by atoms with Crippen LogP contribution in [0.3, 0.4) is 0 Å². The molecule has 0 bridgehead atoms. The van der Waals surface area contributed by atoms with Crippen LogP contribution in [0, 0.1) is 34.6 Å². The summed E-state index contributed by atoms with van der Waals surface area (Å²) in [6.45, 7) is 4.60. The molecule has 212 valence electrons. The van der Waals surface area contributed by atoms with E-state index in [4.69, 9.17) is 9.97 Å². The quantitative estimate of drug-likeness (QED) is 0.175. The summed E-state index contributed by atoms with van der Waals surface area (Å²) >= 11 is 0. The third kappa shape index (κ3) is 4.43. The van der Waals surface area contributed by atoms with E-state index in [1.54, 1.807) is 12.1 Å². The molecule has 2 aliphatic carbocycles. The summed E-state index contributed by atoms with van der Waals surface area (Å²) in [6.07, 6.45) is 8.00. The van der Waals surface area contributed by atoms with Gasteiger partial charge in [-0.05, 0) is 85.0 Å². The van der Waals surface area contributed by atoms with Crippen molar-refractivity contribution in [2.45, 2.75) is 70.6 Å². The van der Waals surface area contributed by atoms with Gasteiger partial charge in [0, 0.05) is 0 Å². The summed E-state index contributed by atoms with van der Waals surface area (Å²) in [5.74, 6) is -3.62. The lowest BCUT2D eigenvalue weighted by Gasteiger charge is -2.56. The molecule has 4 aromatic heterocycles. The zero-order valence-corrected chi connectivity index (χ0v) is 23.2. The van der Waals surface area contributed by atoms with Gasteiger partial charge in [0.2, 0.25) is 23.8 Å². The molecule has 0 radical (unpaired) electrons. The van der Waals surface area contributed by atoms with E-state index in [2.05, 4.69) is 23.8 Å². The molecule has 0 atom stereocenters. The van der Waals surface area contributed by atoms with Gasteiger partial charge in [-0.25, -0.2) is 0 Å². The predicted molar refractivity (Wildman–Crippen MR) is 149 cm³/mol. The number of nitrogens with zero attached hydrogens (tertiary/aromatic N) is 4. The Bertz CT molecular complexity index is 1470. The summed E-state index contributed by atoms with van der Waals surface area (Å²) in [5.41, 5.74) is 1.26. The van der Waals surface area contributed by atoms with Crippen LogP contribution in [-0.2, 0) is 5.41 Å². The number of halogens is 4. The average Bonchev–Trinajstić information content (AvgIpc) is 3.59. The maximum Gasteiger partial charge on any atom is 0.224 e. The minimum Gasteiger partial charge on any atom is -0.252 e. The van der Waals surface area contributed by atoms with Gasteiger partial charge in [-0.3, -0.25) is 9.97 Å². The van der Waals surface area contributed by atoms with Crippen LogP contribution in [0.5, 0.6) is 0 Å². The van der Waals surface area contributed by atoms with Crippen molar-refractivity contribution in [3.8, 4) is 22.5 Å². The molecular weight excluding hydrogens is 528 g/mol. The Morgan fingerprint density at radius 2 is 0.927 bits per heavy atom. The van der Waals surface area contributed by atoms with E-state index in [1.165, 1.54) is 12.1 Å². The zero-order chi connectivity index (χ0) is 28.8. The molecule has 0 aliphatic heterocycles. The van der Waals surface area contributed by atoms with Crippen molar-refractivity contribution in [1.82, 2.24) is 19.9 Å². The molecule has 4 aromatic rings. The second kappa shape index (κ2) is 10.3. The van der Waals surface area contributed by atoms with E-state index in [1.807, 2.05) is 24.3 Å². The van der Waals surface area contributed by atoms with Gasteiger partial charge >= 0.3 is 0 Å². The molecule has 6 rings (SSSR count). The molecular formula is C33H32F4N4. The minimum atomic E-state index is -0.918.